The highest BCUT2D eigenvalue weighted by atomic mass is 79.9. The molecule has 0 spiro atoms. The number of amides is 1. The van der Waals surface area contributed by atoms with E-state index >= 15 is 0 Å². The second-order valence-corrected chi connectivity index (χ2v) is 13.1. The van der Waals surface area contributed by atoms with Crippen molar-refractivity contribution in [3.05, 3.63) is 51.6 Å². The van der Waals surface area contributed by atoms with Crippen LogP contribution in [0.1, 0.15) is 54.8 Å². The lowest BCUT2D eigenvalue weighted by molar-refractivity contribution is 0.0658. The minimum atomic E-state index is -1.28. The van der Waals surface area contributed by atoms with Crippen molar-refractivity contribution < 1.29 is 14.1 Å². The highest BCUT2D eigenvalue weighted by Gasteiger charge is 2.40. The van der Waals surface area contributed by atoms with Gasteiger partial charge in [-0.2, -0.15) is 0 Å². The highest BCUT2D eigenvalue weighted by molar-refractivity contribution is 9.10. The molecule has 34 heavy (non-hydrogen) atoms. The smallest absolute Gasteiger partial charge is 0.272 e. The van der Waals surface area contributed by atoms with E-state index in [0.29, 0.717) is 31.7 Å². The topological polar surface area (TPSA) is 77.0 Å². The van der Waals surface area contributed by atoms with Crippen molar-refractivity contribution in [1.82, 2.24) is 19.1 Å². The predicted octanol–water partition coefficient (Wildman–Crippen LogP) is 3.60. The first kappa shape index (κ1) is 25.4. The molecule has 1 amide bonds. The molecular formula is C25H33BrN4O3S. The standard InChI is InChI=1S/C25H33BrN4O3S/c1-25(2,3)34(33)30-16-18-15-20(24(32)29-11-9-28(4)10-12-29)27-23(22(18)21(30)8-13-31)17-6-5-7-19(26)14-17/h5-7,14-15,21,31H,8-13,16H2,1-4H3/t21-,34-/m0/s1. The van der Waals surface area contributed by atoms with Crippen LogP contribution >= 0.6 is 15.9 Å². The third kappa shape index (κ3) is 5.14. The Kier molecular flexibility index (Phi) is 7.59. The minimum Gasteiger partial charge on any atom is -0.396 e. The summed E-state index contributed by atoms with van der Waals surface area (Å²) >= 11 is 3.56. The molecular weight excluding hydrogens is 516 g/mol. The van der Waals surface area contributed by atoms with E-state index in [0.717, 1.165) is 39.9 Å². The van der Waals surface area contributed by atoms with Crippen molar-refractivity contribution in [3.8, 4) is 11.3 Å². The van der Waals surface area contributed by atoms with E-state index in [1.807, 2.05) is 60.3 Å². The number of pyridine rings is 1. The van der Waals surface area contributed by atoms with Crippen LogP contribution in [0.4, 0.5) is 0 Å². The molecule has 1 aromatic heterocycles. The Balaban J connectivity index is 1.83. The molecule has 4 rings (SSSR count). The van der Waals surface area contributed by atoms with Crippen LogP contribution in [0.2, 0.25) is 0 Å². The summed E-state index contributed by atoms with van der Waals surface area (Å²) in [5.41, 5.74) is 3.95. The molecule has 0 aliphatic carbocycles. The summed E-state index contributed by atoms with van der Waals surface area (Å²) in [6, 6.07) is 9.51. The Morgan fingerprint density at radius 1 is 1.21 bits per heavy atom. The number of piperazine rings is 1. The Morgan fingerprint density at radius 3 is 2.53 bits per heavy atom. The summed E-state index contributed by atoms with van der Waals surface area (Å²) in [6.45, 7) is 9.32. The van der Waals surface area contributed by atoms with Crippen LogP contribution in [-0.2, 0) is 17.5 Å². The van der Waals surface area contributed by atoms with E-state index in [-0.39, 0.29) is 18.6 Å². The van der Waals surface area contributed by atoms with Crippen LogP contribution in [-0.4, -0.2) is 78.9 Å². The SMILES string of the molecule is CN1CCN(C(=O)c2cc3c(c(-c4cccc(Br)c4)n2)[C@H](CCO)N([S@@](=O)C(C)(C)C)C3)CC1. The molecule has 2 aromatic rings. The third-order valence-electron chi connectivity index (χ3n) is 6.40. The van der Waals surface area contributed by atoms with Crippen molar-refractivity contribution in [2.45, 2.75) is 44.5 Å². The fourth-order valence-corrected chi connectivity index (χ4v) is 6.41. The average Bonchev–Trinajstić information content (AvgIpc) is 3.15. The van der Waals surface area contributed by atoms with Gasteiger partial charge in [-0.1, -0.05) is 28.1 Å². The van der Waals surface area contributed by atoms with Gasteiger partial charge >= 0.3 is 0 Å². The molecule has 0 bridgehead atoms. The molecule has 7 nitrogen and oxygen atoms in total. The van der Waals surface area contributed by atoms with Crippen molar-refractivity contribution in [2.24, 2.45) is 0 Å². The summed E-state index contributed by atoms with van der Waals surface area (Å²) in [7, 11) is 0.781. The number of nitrogens with zero attached hydrogens (tertiary/aromatic N) is 4. The monoisotopic (exact) mass is 548 g/mol. The summed E-state index contributed by atoms with van der Waals surface area (Å²) in [4.78, 5) is 22.4. The van der Waals surface area contributed by atoms with Gasteiger partial charge in [0.05, 0.1) is 16.5 Å². The minimum absolute atomic E-state index is 0.0259. The molecule has 2 aliphatic heterocycles. The fourth-order valence-electron chi connectivity index (χ4n) is 4.61. The molecule has 2 aliphatic rings. The predicted molar refractivity (Wildman–Crippen MR) is 139 cm³/mol. The number of aliphatic hydroxyl groups is 1. The summed E-state index contributed by atoms with van der Waals surface area (Å²) in [5.74, 6) is -0.0683. The molecule has 184 valence electrons. The van der Waals surface area contributed by atoms with E-state index in [4.69, 9.17) is 4.98 Å². The van der Waals surface area contributed by atoms with E-state index in [9.17, 15) is 14.1 Å². The molecule has 3 heterocycles. The molecule has 0 unspecified atom stereocenters. The van der Waals surface area contributed by atoms with Gasteiger partial charge in [-0.25, -0.2) is 13.5 Å². The number of hydrogen-bond donors (Lipinski definition) is 1. The molecule has 0 radical (unpaired) electrons. The maximum atomic E-state index is 13.5. The van der Waals surface area contributed by atoms with Crippen LogP contribution in [0.25, 0.3) is 11.3 Å². The number of hydrogen-bond acceptors (Lipinski definition) is 5. The molecule has 1 saturated heterocycles. The van der Waals surface area contributed by atoms with Crippen molar-refractivity contribution in [3.63, 3.8) is 0 Å². The maximum Gasteiger partial charge on any atom is 0.272 e. The van der Waals surface area contributed by atoms with Crippen LogP contribution in [0.15, 0.2) is 34.8 Å². The Labute approximate surface area is 212 Å². The van der Waals surface area contributed by atoms with Crippen LogP contribution in [0.5, 0.6) is 0 Å². The van der Waals surface area contributed by atoms with Gasteiger partial charge in [-0.05, 0) is 58.0 Å². The van der Waals surface area contributed by atoms with E-state index in [2.05, 4.69) is 27.9 Å². The normalized spacial score (nSPS) is 20.4. The Bertz CT molecular complexity index is 1100. The number of halogens is 1. The third-order valence-corrected chi connectivity index (χ3v) is 8.75. The summed E-state index contributed by atoms with van der Waals surface area (Å²) in [5, 5.41) is 9.88. The number of carbonyl (C=O) groups excluding carboxylic acids is 1. The molecule has 0 saturated carbocycles. The fraction of sp³-hybridized carbons (Fsp3) is 0.520. The molecule has 9 heteroatoms. The molecule has 1 N–H and O–H groups in total. The first-order valence-electron chi connectivity index (χ1n) is 11.7. The quantitative estimate of drug-likeness (QED) is 0.617. The number of fused-ring (bicyclic) bond motifs is 1. The second-order valence-electron chi connectivity index (χ2n) is 10.00. The number of likely N-dealkylation sites (N-methyl/N-ethyl adjacent to an activating group) is 1. The average molecular weight is 550 g/mol. The zero-order chi connectivity index (χ0) is 24.6. The number of aliphatic hydroxyl groups excluding tert-OH is 1. The van der Waals surface area contributed by atoms with Gasteiger partial charge in [0.1, 0.15) is 16.7 Å². The molecule has 2 atom stereocenters. The van der Waals surface area contributed by atoms with Gasteiger partial charge in [0, 0.05) is 54.9 Å². The highest BCUT2D eigenvalue weighted by Crippen LogP contribution is 2.44. The van der Waals surface area contributed by atoms with Gasteiger partial charge in [-0.3, -0.25) is 4.79 Å². The zero-order valence-electron chi connectivity index (χ0n) is 20.3. The van der Waals surface area contributed by atoms with Crippen LogP contribution in [0.3, 0.4) is 0 Å². The van der Waals surface area contributed by atoms with Gasteiger partial charge in [0.25, 0.3) is 5.91 Å². The Hall–Kier alpha value is -1.65. The summed E-state index contributed by atoms with van der Waals surface area (Å²) in [6.07, 6.45) is 0.448. The van der Waals surface area contributed by atoms with Gasteiger partial charge in [-0.15, -0.1) is 0 Å². The van der Waals surface area contributed by atoms with Crippen LogP contribution in [0, 0.1) is 0 Å². The first-order valence-corrected chi connectivity index (χ1v) is 13.6. The van der Waals surface area contributed by atoms with Crippen molar-refractivity contribution >= 4 is 32.8 Å². The number of aromatic nitrogens is 1. The first-order chi connectivity index (χ1) is 16.1. The van der Waals surface area contributed by atoms with E-state index in [1.165, 1.54) is 0 Å². The number of carbonyl (C=O) groups is 1. The van der Waals surface area contributed by atoms with Crippen molar-refractivity contribution in [1.29, 1.82) is 0 Å². The van der Waals surface area contributed by atoms with Gasteiger partial charge in [0.15, 0.2) is 0 Å². The second kappa shape index (κ2) is 10.1. The number of rotatable bonds is 5. The lowest BCUT2D eigenvalue weighted by Crippen LogP contribution is -2.47. The van der Waals surface area contributed by atoms with Gasteiger partial charge < -0.3 is 14.9 Å². The van der Waals surface area contributed by atoms with Crippen molar-refractivity contribution in [2.75, 3.05) is 39.8 Å². The Morgan fingerprint density at radius 2 is 1.91 bits per heavy atom. The maximum absolute atomic E-state index is 13.5. The lowest BCUT2D eigenvalue weighted by Gasteiger charge is -2.32. The van der Waals surface area contributed by atoms with E-state index < -0.39 is 15.7 Å². The zero-order valence-corrected chi connectivity index (χ0v) is 22.7. The summed E-state index contributed by atoms with van der Waals surface area (Å²) < 4.78 is 15.9. The van der Waals surface area contributed by atoms with E-state index in [1.54, 1.807) is 0 Å². The molecule has 1 fully saturated rings. The van der Waals surface area contributed by atoms with Crippen LogP contribution < -0.4 is 0 Å². The van der Waals surface area contributed by atoms with Gasteiger partial charge in [0.2, 0.25) is 0 Å². The lowest BCUT2D eigenvalue weighted by atomic mass is 9.96. The largest absolute Gasteiger partial charge is 0.396 e. The molecule has 1 aromatic carbocycles. The number of benzene rings is 1.